The third kappa shape index (κ3) is 2.64. The molecule has 1 aromatic carbocycles. The fraction of sp³-hybridized carbons (Fsp3) is 0. The van der Waals surface area contributed by atoms with Crippen LogP contribution < -0.4 is 11.3 Å². The Morgan fingerprint density at radius 3 is 2.48 bits per heavy atom. The van der Waals surface area contributed by atoms with Gasteiger partial charge < -0.3 is 10.7 Å². The van der Waals surface area contributed by atoms with Crippen LogP contribution in [-0.4, -0.2) is 4.98 Å². The van der Waals surface area contributed by atoms with Crippen LogP contribution in [0.5, 0.6) is 0 Å². The lowest BCUT2D eigenvalue weighted by Crippen LogP contribution is -2.16. The number of anilines is 1. The lowest BCUT2D eigenvalue weighted by molar-refractivity contribution is 0.620. The second kappa shape index (κ2) is 5.84. The van der Waals surface area contributed by atoms with Crippen LogP contribution in [-0.2, 0) is 0 Å². The number of H-pyrrole nitrogens is 1. The number of nitrogens with zero attached hydrogens (tertiary/aromatic N) is 2. The van der Waals surface area contributed by atoms with Gasteiger partial charge in [-0.05, 0) is 34.7 Å². The van der Waals surface area contributed by atoms with E-state index < -0.39 is 11.4 Å². The molecule has 0 saturated carbocycles. The number of nitrogens with one attached hydrogen (secondary N) is 1. The smallest absolute Gasteiger partial charge is 0.268 e. The van der Waals surface area contributed by atoms with E-state index in [1.165, 1.54) is 6.07 Å². The summed E-state index contributed by atoms with van der Waals surface area (Å²) >= 11 is 5.06. The number of rotatable bonds is 1. The molecule has 0 amide bonds. The van der Waals surface area contributed by atoms with Gasteiger partial charge in [0.1, 0.15) is 34.9 Å². The zero-order chi connectivity index (χ0) is 15.7. The molecule has 21 heavy (non-hydrogen) atoms. The Bertz CT molecular complexity index is 895. The van der Waals surface area contributed by atoms with Crippen molar-refractivity contribution in [1.29, 1.82) is 10.5 Å². The summed E-state index contributed by atoms with van der Waals surface area (Å²) in [5, 5.41) is 18.4. The van der Waals surface area contributed by atoms with Gasteiger partial charge in [0, 0.05) is 19.2 Å². The normalized spacial score (nSPS) is 9.95. The summed E-state index contributed by atoms with van der Waals surface area (Å²) < 4.78 is 14.6. The summed E-state index contributed by atoms with van der Waals surface area (Å²) in [6, 6.07) is 6.21. The molecule has 5 nitrogen and oxygen atoms in total. The van der Waals surface area contributed by atoms with Gasteiger partial charge in [-0.1, -0.05) is 15.9 Å². The van der Waals surface area contributed by atoms with E-state index >= 15 is 0 Å². The van der Waals surface area contributed by atoms with Crippen LogP contribution in [0.4, 0.5) is 10.2 Å². The Kier molecular flexibility index (Phi) is 4.30. The Labute approximate surface area is 140 Å². The van der Waals surface area contributed by atoms with Crippen molar-refractivity contribution in [3.05, 3.63) is 47.5 Å². The van der Waals surface area contributed by atoms with E-state index in [0.717, 1.165) is 6.07 Å². The van der Waals surface area contributed by atoms with Gasteiger partial charge >= 0.3 is 0 Å². The molecule has 0 saturated heterocycles. The number of hydrogen-bond acceptors (Lipinski definition) is 4. The van der Waals surface area contributed by atoms with Crippen LogP contribution in [0.1, 0.15) is 11.1 Å². The molecule has 2 rings (SSSR count). The third-order valence-electron chi connectivity index (χ3n) is 2.75. The maximum atomic E-state index is 13.8. The number of benzene rings is 1. The topological polar surface area (TPSA) is 106 Å². The minimum absolute atomic E-state index is 0.0171. The monoisotopic (exact) mass is 458 g/mol. The van der Waals surface area contributed by atoms with Crippen LogP contribution >= 0.6 is 38.5 Å². The Morgan fingerprint density at radius 1 is 1.29 bits per heavy atom. The van der Waals surface area contributed by atoms with E-state index in [1.54, 1.807) is 6.07 Å². The first-order valence-electron chi connectivity index (χ1n) is 5.41. The van der Waals surface area contributed by atoms with E-state index in [-0.39, 0.29) is 28.1 Å². The quantitative estimate of drug-likeness (QED) is 0.506. The molecule has 0 unspecified atom stereocenters. The first-order valence-corrected chi connectivity index (χ1v) is 7.28. The van der Waals surface area contributed by atoms with Gasteiger partial charge in [0.05, 0.1) is 0 Å². The number of halogens is 3. The fourth-order valence-electron chi connectivity index (χ4n) is 1.83. The lowest BCUT2D eigenvalue weighted by atomic mass is 9.96. The minimum atomic E-state index is -0.727. The second-order valence-corrected chi connectivity index (χ2v) is 5.98. The van der Waals surface area contributed by atoms with Crippen molar-refractivity contribution in [3.8, 4) is 23.3 Å². The van der Waals surface area contributed by atoms with Crippen molar-refractivity contribution < 1.29 is 4.39 Å². The van der Waals surface area contributed by atoms with Crippen LogP contribution in [0.3, 0.4) is 0 Å². The van der Waals surface area contributed by atoms with E-state index in [9.17, 15) is 14.4 Å². The number of nitriles is 2. The molecule has 3 N–H and O–H groups in total. The van der Waals surface area contributed by atoms with Gasteiger partial charge in [-0.2, -0.15) is 10.5 Å². The lowest BCUT2D eigenvalue weighted by Gasteiger charge is -2.11. The SMILES string of the molecule is N#Cc1c(N)[nH]c(=O)c(C#N)c1-c1cc(F)c(I)cc1Br. The molecule has 0 bridgehead atoms. The molecule has 0 aliphatic heterocycles. The zero-order valence-corrected chi connectivity index (χ0v) is 13.9. The standard InChI is InChI=1S/C13H5BrFIN4O/c14-8-2-10(16)9(15)1-5(8)11-6(3-17)12(19)20-13(21)7(11)4-18/h1-2H,(H3,19,20,21). The van der Waals surface area contributed by atoms with Crippen molar-refractivity contribution in [1.82, 2.24) is 4.98 Å². The first kappa shape index (κ1) is 15.5. The van der Waals surface area contributed by atoms with Crippen molar-refractivity contribution in [2.45, 2.75) is 0 Å². The van der Waals surface area contributed by atoms with Crippen LogP contribution in [0.15, 0.2) is 21.4 Å². The minimum Gasteiger partial charge on any atom is -0.384 e. The molecule has 0 spiro atoms. The number of hydrogen-bond donors (Lipinski definition) is 2. The molecule has 0 fully saturated rings. The Hall–Kier alpha value is -1.91. The van der Waals surface area contributed by atoms with Crippen molar-refractivity contribution in [2.24, 2.45) is 0 Å². The summed E-state index contributed by atoms with van der Waals surface area (Å²) in [5.41, 5.74) is 4.76. The number of pyridine rings is 1. The fourth-order valence-corrected chi connectivity index (χ4v) is 3.26. The highest BCUT2D eigenvalue weighted by molar-refractivity contribution is 14.1. The Morgan fingerprint density at radius 2 is 1.90 bits per heavy atom. The summed E-state index contributed by atoms with van der Waals surface area (Å²) in [7, 11) is 0. The molecular weight excluding hydrogens is 454 g/mol. The summed E-state index contributed by atoms with van der Waals surface area (Å²) in [6.07, 6.45) is 0. The average Bonchev–Trinajstić information content (AvgIpc) is 2.42. The van der Waals surface area contributed by atoms with E-state index in [0.29, 0.717) is 8.04 Å². The molecule has 104 valence electrons. The van der Waals surface area contributed by atoms with Gasteiger partial charge in [-0.3, -0.25) is 4.79 Å². The highest BCUT2D eigenvalue weighted by atomic mass is 127. The van der Waals surface area contributed by atoms with Gasteiger partial charge in [-0.25, -0.2) is 4.39 Å². The van der Waals surface area contributed by atoms with Crippen LogP contribution in [0.2, 0.25) is 0 Å². The largest absolute Gasteiger partial charge is 0.384 e. The zero-order valence-electron chi connectivity index (χ0n) is 10.2. The maximum absolute atomic E-state index is 13.8. The van der Waals surface area contributed by atoms with Crippen molar-refractivity contribution in [3.63, 3.8) is 0 Å². The molecule has 0 atom stereocenters. The molecule has 1 heterocycles. The molecular formula is C13H5BrFIN4O. The van der Waals surface area contributed by atoms with E-state index in [4.69, 9.17) is 11.0 Å². The first-order chi connectivity index (χ1) is 9.90. The van der Waals surface area contributed by atoms with Gasteiger partial charge in [-0.15, -0.1) is 0 Å². The molecule has 0 aliphatic rings. The van der Waals surface area contributed by atoms with Gasteiger partial charge in [0.25, 0.3) is 5.56 Å². The summed E-state index contributed by atoms with van der Waals surface area (Å²) in [4.78, 5) is 14.1. The molecule has 1 aromatic heterocycles. The highest BCUT2D eigenvalue weighted by Crippen LogP contribution is 2.35. The second-order valence-electron chi connectivity index (χ2n) is 3.96. The molecule has 8 heteroatoms. The number of nitrogens with two attached hydrogens (primary N) is 1. The van der Waals surface area contributed by atoms with Crippen molar-refractivity contribution in [2.75, 3.05) is 5.73 Å². The predicted molar refractivity (Wildman–Crippen MR) is 86.7 cm³/mol. The highest BCUT2D eigenvalue weighted by Gasteiger charge is 2.21. The van der Waals surface area contributed by atoms with Crippen LogP contribution in [0, 0.1) is 32.0 Å². The average molecular weight is 459 g/mol. The molecule has 0 aliphatic carbocycles. The number of nitrogen functional groups attached to an aromatic ring is 1. The van der Waals surface area contributed by atoms with Gasteiger partial charge in [0.2, 0.25) is 0 Å². The van der Waals surface area contributed by atoms with E-state index in [2.05, 4.69) is 20.9 Å². The summed E-state index contributed by atoms with van der Waals surface area (Å²) in [6.45, 7) is 0. The van der Waals surface area contributed by atoms with Gasteiger partial charge in [0.15, 0.2) is 0 Å². The summed E-state index contributed by atoms with van der Waals surface area (Å²) in [5.74, 6) is -0.692. The molecule has 2 aromatic rings. The number of aromatic amines is 1. The molecule has 0 radical (unpaired) electrons. The number of aromatic nitrogens is 1. The predicted octanol–water partition coefficient (Wildman–Crippen LogP) is 2.87. The van der Waals surface area contributed by atoms with E-state index in [1.807, 2.05) is 28.7 Å². The maximum Gasteiger partial charge on any atom is 0.268 e. The Balaban J connectivity index is 3.00. The third-order valence-corrected chi connectivity index (χ3v) is 4.23. The van der Waals surface area contributed by atoms with Crippen LogP contribution in [0.25, 0.3) is 11.1 Å². The van der Waals surface area contributed by atoms with Crippen molar-refractivity contribution >= 4 is 44.3 Å².